The molecule has 166 valence electrons. The van der Waals surface area contributed by atoms with Gasteiger partial charge in [-0.25, -0.2) is 4.39 Å². The van der Waals surface area contributed by atoms with Gasteiger partial charge in [0.1, 0.15) is 36.2 Å². The topological polar surface area (TPSA) is 88.1 Å². The van der Waals surface area contributed by atoms with Crippen LogP contribution in [-0.4, -0.2) is 48.3 Å². The maximum atomic E-state index is 14.4. The Balaban J connectivity index is 2.36. The van der Waals surface area contributed by atoms with Crippen molar-refractivity contribution in [2.45, 2.75) is 56.3 Å². The number of ether oxygens (including phenoxy) is 4. The van der Waals surface area contributed by atoms with Crippen LogP contribution in [0.25, 0.3) is 0 Å². The Morgan fingerprint density at radius 1 is 1.03 bits per heavy atom. The third-order valence-corrected chi connectivity index (χ3v) is 6.15. The largest absolute Gasteiger partial charge is 0.463 e. The Bertz CT molecular complexity index is 820. The van der Waals surface area contributed by atoms with E-state index in [1.54, 1.807) is 6.92 Å². The summed E-state index contributed by atoms with van der Waals surface area (Å²) in [7, 11) is 0. The summed E-state index contributed by atoms with van der Waals surface area (Å²) in [4.78, 5) is 34.6. The predicted molar refractivity (Wildman–Crippen MR) is 108 cm³/mol. The first-order chi connectivity index (χ1) is 14.0. The Labute approximate surface area is 187 Å². The van der Waals surface area contributed by atoms with Crippen molar-refractivity contribution in [1.82, 2.24) is 0 Å². The fraction of sp³-hybridized carbons (Fsp3) is 0.526. The molecule has 2 rings (SSSR count). The zero-order chi connectivity index (χ0) is 22.6. The molecule has 7 nitrogen and oxygen atoms in total. The van der Waals surface area contributed by atoms with E-state index in [4.69, 9.17) is 42.1 Å². The van der Waals surface area contributed by atoms with Crippen LogP contribution in [0.5, 0.6) is 0 Å². The van der Waals surface area contributed by atoms with Crippen LogP contribution in [0.15, 0.2) is 17.0 Å². The summed E-state index contributed by atoms with van der Waals surface area (Å²) in [6.45, 7) is 5.17. The van der Waals surface area contributed by atoms with Crippen LogP contribution in [0.1, 0.15) is 27.7 Å². The molecular weight excluding hydrogens is 462 g/mol. The molecule has 1 fully saturated rings. The average Bonchev–Trinajstić information content (AvgIpc) is 2.62. The number of carbonyl (C=O) groups is 3. The molecule has 0 bridgehead atoms. The van der Waals surface area contributed by atoms with Crippen LogP contribution >= 0.6 is 35.0 Å². The highest BCUT2D eigenvalue weighted by Crippen LogP contribution is 2.41. The van der Waals surface area contributed by atoms with Crippen molar-refractivity contribution in [3.05, 3.63) is 28.0 Å². The number of hydrogen-bond donors (Lipinski definition) is 0. The normalized spacial score (nSPS) is 26.0. The highest BCUT2D eigenvalue weighted by Gasteiger charge is 2.48. The molecule has 0 aliphatic carbocycles. The minimum atomic E-state index is -0.900. The second-order valence-corrected chi connectivity index (χ2v) is 8.62. The third-order valence-electron chi connectivity index (χ3n) is 4.25. The van der Waals surface area contributed by atoms with Crippen molar-refractivity contribution in [3.8, 4) is 0 Å². The van der Waals surface area contributed by atoms with E-state index in [9.17, 15) is 18.8 Å². The molecule has 11 heteroatoms. The molecule has 5 atom stereocenters. The maximum Gasteiger partial charge on any atom is 0.303 e. The molecule has 0 radical (unpaired) electrons. The third kappa shape index (κ3) is 6.47. The van der Waals surface area contributed by atoms with Crippen molar-refractivity contribution < 1.29 is 37.7 Å². The Morgan fingerprint density at radius 3 is 2.17 bits per heavy atom. The lowest BCUT2D eigenvalue weighted by Gasteiger charge is -2.43. The summed E-state index contributed by atoms with van der Waals surface area (Å²) in [5, 5.41) is 0.193. The first kappa shape index (κ1) is 24.7. The second kappa shape index (κ2) is 10.7. The van der Waals surface area contributed by atoms with Gasteiger partial charge < -0.3 is 18.9 Å². The van der Waals surface area contributed by atoms with Crippen LogP contribution in [-0.2, 0) is 33.3 Å². The van der Waals surface area contributed by atoms with Crippen molar-refractivity contribution in [3.63, 3.8) is 0 Å². The molecule has 1 aliphatic heterocycles. The summed E-state index contributed by atoms with van der Waals surface area (Å²) in [6.07, 6.45) is -2.61. The smallest absolute Gasteiger partial charge is 0.303 e. The van der Waals surface area contributed by atoms with Gasteiger partial charge in [-0.2, -0.15) is 0 Å². The van der Waals surface area contributed by atoms with Gasteiger partial charge in [0.15, 0.2) is 0 Å². The van der Waals surface area contributed by atoms with Crippen molar-refractivity contribution in [2.24, 2.45) is 5.92 Å². The van der Waals surface area contributed by atoms with Crippen LogP contribution in [0.3, 0.4) is 0 Å². The summed E-state index contributed by atoms with van der Waals surface area (Å²) < 4.78 is 36.1. The lowest BCUT2D eigenvalue weighted by Crippen LogP contribution is -2.56. The number of esters is 3. The SMILES string of the molecule is CC(=O)OCC1O[C@H](Sc2cc(Cl)c(Cl)cc2F)C(OC(C)=O)C(C)[C@H]1OC(C)=O. The second-order valence-electron chi connectivity index (χ2n) is 6.67. The van der Waals surface area contributed by atoms with Gasteiger partial charge in [0.25, 0.3) is 0 Å². The van der Waals surface area contributed by atoms with Crippen molar-refractivity contribution >= 4 is 52.9 Å². The van der Waals surface area contributed by atoms with Crippen LogP contribution in [0.2, 0.25) is 10.0 Å². The number of benzene rings is 1. The van der Waals surface area contributed by atoms with Crippen LogP contribution in [0, 0.1) is 11.7 Å². The molecule has 1 saturated heterocycles. The fourth-order valence-corrected chi connectivity index (χ4v) is 4.60. The summed E-state index contributed by atoms with van der Waals surface area (Å²) >= 11 is 12.8. The van der Waals surface area contributed by atoms with Gasteiger partial charge in [-0.05, 0) is 12.1 Å². The molecule has 1 aromatic carbocycles. The zero-order valence-electron chi connectivity index (χ0n) is 16.6. The summed E-state index contributed by atoms with van der Waals surface area (Å²) in [5.41, 5.74) is -0.900. The minimum Gasteiger partial charge on any atom is -0.463 e. The van der Waals surface area contributed by atoms with E-state index < -0.39 is 53.4 Å². The van der Waals surface area contributed by atoms with E-state index >= 15 is 0 Å². The van der Waals surface area contributed by atoms with E-state index in [1.165, 1.54) is 26.8 Å². The number of carbonyl (C=O) groups excluding carboxylic acids is 3. The molecule has 3 unspecified atom stereocenters. The van der Waals surface area contributed by atoms with Gasteiger partial charge in [0.2, 0.25) is 0 Å². The standard InChI is InChI=1S/C19H21Cl2FO7S/c1-8-17(27-10(3)24)15(7-26-9(2)23)29-19(18(8)28-11(4)25)30-16-6-13(21)12(20)5-14(16)22/h5-6,8,15,17-19H,7H2,1-4H3/t8?,15?,17-,18?,19-/m1/s1. The molecule has 0 spiro atoms. The first-order valence-corrected chi connectivity index (χ1v) is 10.6. The Morgan fingerprint density at radius 2 is 1.60 bits per heavy atom. The van der Waals surface area contributed by atoms with E-state index in [0.717, 1.165) is 17.8 Å². The number of hydrogen-bond acceptors (Lipinski definition) is 8. The van der Waals surface area contributed by atoms with E-state index in [0.29, 0.717) is 0 Å². The van der Waals surface area contributed by atoms with Gasteiger partial charge in [-0.1, -0.05) is 41.9 Å². The number of thioether (sulfide) groups is 1. The molecular formula is C19H21Cl2FO7S. The van der Waals surface area contributed by atoms with Gasteiger partial charge in [0.05, 0.1) is 10.0 Å². The van der Waals surface area contributed by atoms with E-state index in [-0.39, 0.29) is 21.5 Å². The fourth-order valence-electron chi connectivity index (χ4n) is 2.98. The molecule has 0 amide bonds. The molecule has 0 saturated carbocycles. The highest BCUT2D eigenvalue weighted by atomic mass is 35.5. The summed E-state index contributed by atoms with van der Waals surface area (Å²) in [5.74, 6) is -2.89. The first-order valence-electron chi connectivity index (χ1n) is 8.94. The van der Waals surface area contributed by atoms with E-state index in [2.05, 4.69) is 0 Å². The average molecular weight is 483 g/mol. The quantitative estimate of drug-likeness (QED) is 0.341. The molecule has 0 aromatic heterocycles. The maximum absolute atomic E-state index is 14.4. The summed E-state index contributed by atoms with van der Waals surface area (Å²) in [6, 6.07) is 2.40. The molecule has 0 N–H and O–H groups in total. The predicted octanol–water partition coefficient (Wildman–Crippen LogP) is 4.01. The van der Waals surface area contributed by atoms with Gasteiger partial charge in [-0.15, -0.1) is 0 Å². The number of halogens is 3. The van der Waals surface area contributed by atoms with Crippen LogP contribution < -0.4 is 0 Å². The molecule has 1 heterocycles. The van der Waals surface area contributed by atoms with Gasteiger partial charge in [0, 0.05) is 31.6 Å². The minimum absolute atomic E-state index is 0.0515. The van der Waals surface area contributed by atoms with Crippen molar-refractivity contribution in [2.75, 3.05) is 6.61 Å². The molecule has 30 heavy (non-hydrogen) atoms. The molecule has 1 aromatic rings. The lowest BCUT2D eigenvalue weighted by molar-refractivity contribution is -0.212. The number of rotatable bonds is 6. The zero-order valence-corrected chi connectivity index (χ0v) is 19.0. The van der Waals surface area contributed by atoms with Gasteiger partial charge >= 0.3 is 17.9 Å². The molecule has 1 aliphatic rings. The van der Waals surface area contributed by atoms with Crippen LogP contribution in [0.4, 0.5) is 4.39 Å². The Hall–Kier alpha value is -1.55. The Kier molecular flexibility index (Phi) is 8.78. The van der Waals surface area contributed by atoms with Crippen molar-refractivity contribution in [1.29, 1.82) is 0 Å². The van der Waals surface area contributed by atoms with Gasteiger partial charge in [-0.3, -0.25) is 14.4 Å². The lowest BCUT2D eigenvalue weighted by atomic mass is 9.91. The highest BCUT2D eigenvalue weighted by molar-refractivity contribution is 7.99. The van der Waals surface area contributed by atoms with E-state index in [1.807, 2.05) is 0 Å². The monoisotopic (exact) mass is 482 g/mol.